The van der Waals surface area contributed by atoms with Crippen LogP contribution in [0.2, 0.25) is 0 Å². The van der Waals surface area contributed by atoms with Crippen molar-refractivity contribution in [2.24, 2.45) is 0 Å². The third-order valence-electron chi connectivity index (χ3n) is 7.07. The van der Waals surface area contributed by atoms with E-state index in [9.17, 15) is 0 Å². The first-order valence-corrected chi connectivity index (χ1v) is 10.4. The highest BCUT2D eigenvalue weighted by Gasteiger charge is 2.41. The zero-order valence-corrected chi connectivity index (χ0v) is 18.4. The van der Waals surface area contributed by atoms with Crippen LogP contribution in [-0.4, -0.2) is 0 Å². The van der Waals surface area contributed by atoms with Gasteiger partial charge >= 0.3 is 0 Å². The van der Waals surface area contributed by atoms with Crippen molar-refractivity contribution in [3.63, 3.8) is 0 Å². The Morgan fingerprint density at radius 3 is 1.14 bits per heavy atom. The fourth-order valence-corrected chi connectivity index (χ4v) is 5.30. The highest BCUT2D eigenvalue weighted by molar-refractivity contribution is 5.59. The van der Waals surface area contributed by atoms with Gasteiger partial charge in [0, 0.05) is 16.2 Å². The Balaban J connectivity index is 2.23. The molecule has 0 aliphatic heterocycles. The van der Waals surface area contributed by atoms with Crippen molar-refractivity contribution in [2.45, 2.75) is 64.7 Å². The summed E-state index contributed by atoms with van der Waals surface area (Å²) in [5.41, 5.74) is 9.70. The Kier molecular flexibility index (Phi) is 4.12. The molecule has 0 spiro atoms. The van der Waals surface area contributed by atoms with E-state index in [-0.39, 0.29) is 16.2 Å². The van der Waals surface area contributed by atoms with E-state index in [4.69, 9.17) is 0 Å². The number of benzene rings is 3. The van der Waals surface area contributed by atoms with Gasteiger partial charge in [-0.15, -0.1) is 0 Å². The van der Waals surface area contributed by atoms with Crippen molar-refractivity contribution < 1.29 is 0 Å². The van der Waals surface area contributed by atoms with E-state index in [0.717, 1.165) is 0 Å². The van der Waals surface area contributed by atoms with Gasteiger partial charge in [0.1, 0.15) is 0 Å². The standard InChI is InChI=1S/C28H32/c1-19-16-17-24-25(18-19)28(6,7)23-15-11-10-14-22(23)26(2,3)20-12-8-9-13-21(20)27(24,4)5/h8-18H,1-7H3. The molecule has 0 N–H and O–H groups in total. The molecule has 0 saturated carbocycles. The van der Waals surface area contributed by atoms with Crippen molar-refractivity contribution in [3.05, 3.63) is 106 Å². The molecule has 0 unspecified atom stereocenters. The lowest BCUT2D eigenvalue weighted by atomic mass is 9.68. The van der Waals surface area contributed by atoms with Crippen molar-refractivity contribution in [3.8, 4) is 0 Å². The SMILES string of the molecule is Cc1ccc2c(c1)C(C)(C)c1ccccc1C(C)(C)c1ccccc1C2(C)C. The molecular formula is C28H32. The molecule has 3 aromatic carbocycles. The Labute approximate surface area is 170 Å². The molecule has 1 aliphatic rings. The average molecular weight is 369 g/mol. The Morgan fingerprint density at radius 1 is 0.429 bits per heavy atom. The van der Waals surface area contributed by atoms with Crippen LogP contribution in [0.25, 0.3) is 0 Å². The predicted octanol–water partition coefficient (Wildman–Crippen LogP) is 7.29. The Hall–Kier alpha value is -2.34. The average Bonchev–Trinajstić information content (AvgIpc) is 2.68. The van der Waals surface area contributed by atoms with Gasteiger partial charge < -0.3 is 0 Å². The molecule has 0 amide bonds. The summed E-state index contributed by atoms with van der Waals surface area (Å²) in [6.07, 6.45) is 0. The fourth-order valence-electron chi connectivity index (χ4n) is 5.30. The van der Waals surface area contributed by atoms with Crippen LogP contribution in [0, 0.1) is 6.92 Å². The summed E-state index contributed by atoms with van der Waals surface area (Å²) in [6, 6.07) is 25.2. The maximum atomic E-state index is 2.41. The molecule has 3 aromatic rings. The molecule has 0 saturated heterocycles. The lowest BCUT2D eigenvalue weighted by Gasteiger charge is -2.35. The molecule has 0 heterocycles. The molecule has 0 atom stereocenters. The van der Waals surface area contributed by atoms with E-state index in [0.29, 0.717) is 0 Å². The predicted molar refractivity (Wildman–Crippen MR) is 120 cm³/mol. The molecule has 0 nitrogen and oxygen atoms in total. The zero-order valence-electron chi connectivity index (χ0n) is 18.4. The van der Waals surface area contributed by atoms with Crippen LogP contribution < -0.4 is 0 Å². The van der Waals surface area contributed by atoms with Gasteiger partial charge in [-0.05, 0) is 40.3 Å². The van der Waals surface area contributed by atoms with E-state index in [1.807, 2.05) is 0 Å². The molecular weight excluding hydrogens is 336 g/mol. The van der Waals surface area contributed by atoms with Crippen molar-refractivity contribution in [1.82, 2.24) is 0 Å². The van der Waals surface area contributed by atoms with Crippen molar-refractivity contribution in [1.29, 1.82) is 0 Å². The second-order valence-corrected chi connectivity index (χ2v) is 10.0. The Morgan fingerprint density at radius 2 is 0.750 bits per heavy atom. The largest absolute Gasteiger partial charge is 0.0619 e. The molecule has 28 heavy (non-hydrogen) atoms. The second-order valence-electron chi connectivity index (χ2n) is 10.0. The summed E-state index contributed by atoms with van der Waals surface area (Å²) in [5.74, 6) is 0. The third kappa shape index (κ3) is 2.58. The highest BCUT2D eigenvalue weighted by atomic mass is 14.4. The summed E-state index contributed by atoms with van der Waals surface area (Å²) in [5, 5.41) is 0. The summed E-state index contributed by atoms with van der Waals surface area (Å²) in [6.45, 7) is 16.6. The monoisotopic (exact) mass is 368 g/mol. The summed E-state index contributed by atoms with van der Waals surface area (Å²) >= 11 is 0. The molecule has 0 aromatic heterocycles. The first-order chi connectivity index (χ1) is 13.1. The summed E-state index contributed by atoms with van der Waals surface area (Å²) < 4.78 is 0. The van der Waals surface area contributed by atoms with Crippen molar-refractivity contribution in [2.75, 3.05) is 0 Å². The Bertz CT molecular complexity index is 1040. The lowest BCUT2D eigenvalue weighted by Crippen LogP contribution is -2.28. The third-order valence-corrected chi connectivity index (χ3v) is 7.07. The van der Waals surface area contributed by atoms with E-state index in [1.54, 1.807) is 0 Å². The lowest BCUT2D eigenvalue weighted by molar-refractivity contribution is 0.579. The van der Waals surface area contributed by atoms with Gasteiger partial charge in [0.05, 0.1) is 0 Å². The van der Waals surface area contributed by atoms with Crippen LogP contribution >= 0.6 is 0 Å². The van der Waals surface area contributed by atoms with Crippen LogP contribution in [0.1, 0.15) is 80.5 Å². The number of rotatable bonds is 0. The number of aryl methyl sites for hydroxylation is 1. The molecule has 1 aliphatic carbocycles. The molecule has 0 radical (unpaired) electrons. The minimum atomic E-state index is -0.0749. The number of fused-ring (bicyclic) bond motifs is 3. The normalized spacial score (nSPS) is 18.7. The van der Waals surface area contributed by atoms with Crippen LogP contribution in [0.5, 0.6) is 0 Å². The number of hydrogen-bond acceptors (Lipinski definition) is 0. The molecule has 0 bridgehead atoms. The van der Waals surface area contributed by atoms with Crippen LogP contribution in [0.3, 0.4) is 0 Å². The molecule has 144 valence electrons. The smallest absolute Gasteiger partial charge is 0.0152 e. The van der Waals surface area contributed by atoms with E-state index >= 15 is 0 Å². The first-order valence-electron chi connectivity index (χ1n) is 10.4. The first kappa shape index (κ1) is 19.0. The van der Waals surface area contributed by atoms with E-state index < -0.39 is 0 Å². The van der Waals surface area contributed by atoms with E-state index in [2.05, 4.69) is 115 Å². The highest BCUT2D eigenvalue weighted by Crippen LogP contribution is 2.50. The van der Waals surface area contributed by atoms with Gasteiger partial charge in [-0.25, -0.2) is 0 Å². The van der Waals surface area contributed by atoms with Gasteiger partial charge in [0.25, 0.3) is 0 Å². The van der Waals surface area contributed by atoms with Gasteiger partial charge in [0.2, 0.25) is 0 Å². The zero-order chi connectivity index (χ0) is 20.3. The second kappa shape index (κ2) is 6.08. The summed E-state index contributed by atoms with van der Waals surface area (Å²) in [7, 11) is 0. The van der Waals surface area contributed by atoms with E-state index in [1.165, 1.54) is 38.9 Å². The molecule has 0 heteroatoms. The van der Waals surface area contributed by atoms with Gasteiger partial charge in [-0.1, -0.05) is 114 Å². The van der Waals surface area contributed by atoms with Crippen LogP contribution in [0.4, 0.5) is 0 Å². The van der Waals surface area contributed by atoms with Crippen LogP contribution in [0.15, 0.2) is 66.7 Å². The number of hydrogen-bond donors (Lipinski definition) is 0. The quantitative estimate of drug-likeness (QED) is 0.391. The molecule has 0 fully saturated rings. The summed E-state index contributed by atoms with van der Waals surface area (Å²) in [4.78, 5) is 0. The topological polar surface area (TPSA) is 0 Å². The molecule has 4 rings (SSSR count). The van der Waals surface area contributed by atoms with Crippen LogP contribution in [-0.2, 0) is 16.2 Å². The fraction of sp³-hybridized carbons (Fsp3) is 0.357. The minimum absolute atomic E-state index is 0.0706. The van der Waals surface area contributed by atoms with Gasteiger partial charge in [0.15, 0.2) is 0 Å². The maximum Gasteiger partial charge on any atom is 0.0152 e. The van der Waals surface area contributed by atoms with Gasteiger partial charge in [-0.2, -0.15) is 0 Å². The minimum Gasteiger partial charge on any atom is -0.0619 e. The van der Waals surface area contributed by atoms with Crippen molar-refractivity contribution >= 4 is 0 Å². The maximum absolute atomic E-state index is 2.41. The van der Waals surface area contributed by atoms with Gasteiger partial charge in [-0.3, -0.25) is 0 Å².